The fourth-order valence-corrected chi connectivity index (χ4v) is 2.64. The molecular weight excluding hydrogens is 288 g/mol. The van der Waals surface area contributed by atoms with Gasteiger partial charge in [-0.1, -0.05) is 24.3 Å². The summed E-state index contributed by atoms with van der Waals surface area (Å²) < 4.78 is 0. The number of nitrogens with one attached hydrogen (secondary N) is 1. The van der Waals surface area contributed by atoms with Crippen LogP contribution < -0.4 is 5.32 Å². The topological polar surface area (TPSA) is 75.4 Å². The van der Waals surface area contributed by atoms with Gasteiger partial charge >= 0.3 is 0 Å². The number of benzene rings is 2. The van der Waals surface area contributed by atoms with Gasteiger partial charge in [0.15, 0.2) is 0 Å². The summed E-state index contributed by atoms with van der Waals surface area (Å²) in [7, 11) is 0. The molecule has 0 unspecified atom stereocenters. The predicted molar refractivity (Wildman–Crippen MR) is 84.7 cm³/mol. The van der Waals surface area contributed by atoms with Crippen molar-refractivity contribution in [2.24, 2.45) is 0 Å². The maximum Gasteiger partial charge on any atom is 0.292 e. The third-order valence-electron chi connectivity index (χ3n) is 2.87. The Morgan fingerprint density at radius 1 is 1.19 bits per heavy atom. The van der Waals surface area contributed by atoms with Crippen LogP contribution in [0.15, 0.2) is 53.4 Å². The number of hydrogen-bond donors (Lipinski definition) is 2. The lowest BCUT2D eigenvalue weighted by atomic mass is 10.2. The molecule has 0 spiro atoms. The lowest BCUT2D eigenvalue weighted by Gasteiger charge is -2.08. The van der Waals surface area contributed by atoms with Gasteiger partial charge in [0.25, 0.3) is 5.69 Å². The lowest BCUT2D eigenvalue weighted by Crippen LogP contribution is -2.06. The quantitative estimate of drug-likeness (QED) is 0.355. The number of rotatable bonds is 7. The second-order valence-corrected chi connectivity index (χ2v) is 5.52. The van der Waals surface area contributed by atoms with Gasteiger partial charge in [0, 0.05) is 23.3 Å². The van der Waals surface area contributed by atoms with E-state index in [1.807, 2.05) is 30.3 Å². The van der Waals surface area contributed by atoms with Crippen molar-refractivity contribution in [1.29, 1.82) is 0 Å². The SMILES string of the molecule is O=[N+]([O-])c1cc(CO)ccc1NCCSc1ccccc1. The molecule has 0 aliphatic rings. The van der Waals surface area contributed by atoms with Crippen LogP contribution in [0.5, 0.6) is 0 Å². The molecule has 110 valence electrons. The maximum atomic E-state index is 11.0. The first-order valence-electron chi connectivity index (χ1n) is 6.50. The van der Waals surface area contributed by atoms with E-state index < -0.39 is 4.92 Å². The van der Waals surface area contributed by atoms with Crippen molar-refractivity contribution in [3.05, 3.63) is 64.2 Å². The summed E-state index contributed by atoms with van der Waals surface area (Å²) in [5.41, 5.74) is 1.00. The minimum atomic E-state index is -0.439. The Morgan fingerprint density at radius 3 is 2.62 bits per heavy atom. The van der Waals surface area contributed by atoms with Gasteiger partial charge in [0.2, 0.25) is 0 Å². The van der Waals surface area contributed by atoms with Crippen molar-refractivity contribution < 1.29 is 10.0 Å². The molecule has 2 aromatic carbocycles. The molecule has 21 heavy (non-hydrogen) atoms. The Balaban J connectivity index is 1.92. The predicted octanol–water partition coefficient (Wildman–Crippen LogP) is 3.29. The normalized spacial score (nSPS) is 10.3. The molecule has 0 heterocycles. The molecular formula is C15H16N2O3S. The van der Waals surface area contributed by atoms with Gasteiger partial charge in [0.05, 0.1) is 11.5 Å². The van der Waals surface area contributed by atoms with E-state index in [0.29, 0.717) is 17.8 Å². The third-order valence-corrected chi connectivity index (χ3v) is 3.88. The van der Waals surface area contributed by atoms with Crippen LogP contribution in [-0.2, 0) is 6.61 Å². The highest BCUT2D eigenvalue weighted by Gasteiger charge is 2.13. The molecule has 0 atom stereocenters. The first-order chi connectivity index (χ1) is 10.2. The zero-order chi connectivity index (χ0) is 15.1. The van der Waals surface area contributed by atoms with Crippen molar-refractivity contribution in [2.75, 3.05) is 17.6 Å². The zero-order valence-corrected chi connectivity index (χ0v) is 12.2. The number of nitrogens with zero attached hydrogens (tertiary/aromatic N) is 1. The van der Waals surface area contributed by atoms with Crippen molar-refractivity contribution in [3.8, 4) is 0 Å². The van der Waals surface area contributed by atoms with Gasteiger partial charge in [-0.15, -0.1) is 11.8 Å². The van der Waals surface area contributed by atoms with Crippen LogP contribution in [0.25, 0.3) is 0 Å². The summed E-state index contributed by atoms with van der Waals surface area (Å²) in [6, 6.07) is 14.7. The first-order valence-corrected chi connectivity index (χ1v) is 7.49. The van der Waals surface area contributed by atoms with Crippen molar-refractivity contribution in [3.63, 3.8) is 0 Å². The molecule has 0 saturated heterocycles. The highest BCUT2D eigenvalue weighted by atomic mass is 32.2. The molecule has 0 bridgehead atoms. The molecule has 0 radical (unpaired) electrons. The fraction of sp³-hybridized carbons (Fsp3) is 0.200. The van der Waals surface area contributed by atoms with Gasteiger partial charge in [-0.2, -0.15) is 0 Å². The molecule has 5 nitrogen and oxygen atoms in total. The van der Waals surface area contributed by atoms with Gasteiger partial charge in [-0.05, 0) is 23.8 Å². The molecule has 2 rings (SSSR count). The summed E-state index contributed by atoms with van der Waals surface area (Å²) in [6.45, 7) is 0.420. The van der Waals surface area contributed by atoms with Crippen molar-refractivity contribution >= 4 is 23.1 Å². The maximum absolute atomic E-state index is 11.0. The number of hydrogen-bond acceptors (Lipinski definition) is 5. The molecule has 0 amide bonds. The standard InChI is InChI=1S/C15H16N2O3S/c18-11-12-6-7-14(15(10-12)17(19)20)16-8-9-21-13-4-2-1-3-5-13/h1-7,10,16,18H,8-9,11H2. The Labute approximate surface area is 127 Å². The second kappa shape index (κ2) is 7.66. The van der Waals surface area contributed by atoms with Crippen LogP contribution in [0.1, 0.15) is 5.56 Å². The number of thioether (sulfide) groups is 1. The minimum Gasteiger partial charge on any atom is -0.392 e. The van der Waals surface area contributed by atoms with Gasteiger partial charge in [-0.3, -0.25) is 10.1 Å². The molecule has 2 aromatic rings. The molecule has 0 fully saturated rings. The summed E-state index contributed by atoms with van der Waals surface area (Å²) in [5.74, 6) is 0.808. The average molecular weight is 304 g/mol. The Kier molecular flexibility index (Phi) is 5.59. The van der Waals surface area contributed by atoms with E-state index in [9.17, 15) is 10.1 Å². The Hall–Kier alpha value is -2.05. The summed E-state index contributed by atoms with van der Waals surface area (Å²) in [4.78, 5) is 11.8. The molecule has 0 aliphatic heterocycles. The van der Waals surface area contributed by atoms with Crippen molar-refractivity contribution in [2.45, 2.75) is 11.5 Å². The van der Waals surface area contributed by atoms with Gasteiger partial charge in [0.1, 0.15) is 5.69 Å². The van der Waals surface area contributed by atoms with Gasteiger partial charge in [-0.25, -0.2) is 0 Å². The van der Waals surface area contributed by atoms with E-state index in [1.165, 1.54) is 11.0 Å². The second-order valence-electron chi connectivity index (χ2n) is 4.36. The van der Waals surface area contributed by atoms with E-state index in [2.05, 4.69) is 5.32 Å². The van der Waals surface area contributed by atoms with E-state index in [4.69, 9.17) is 5.11 Å². The number of nitro groups is 1. The molecule has 0 aliphatic carbocycles. The molecule has 0 saturated carbocycles. The highest BCUT2D eigenvalue weighted by Crippen LogP contribution is 2.26. The zero-order valence-electron chi connectivity index (χ0n) is 11.4. The van der Waals surface area contributed by atoms with Gasteiger partial charge < -0.3 is 10.4 Å². The number of nitro benzene ring substituents is 1. The highest BCUT2D eigenvalue weighted by molar-refractivity contribution is 7.99. The monoisotopic (exact) mass is 304 g/mol. The lowest BCUT2D eigenvalue weighted by molar-refractivity contribution is -0.384. The number of aliphatic hydroxyl groups excluding tert-OH is 1. The average Bonchev–Trinajstić information content (AvgIpc) is 2.52. The van der Waals surface area contributed by atoms with Crippen molar-refractivity contribution in [1.82, 2.24) is 0 Å². The Bertz CT molecular complexity index is 605. The largest absolute Gasteiger partial charge is 0.392 e. The third kappa shape index (κ3) is 4.47. The smallest absolute Gasteiger partial charge is 0.292 e. The Morgan fingerprint density at radius 2 is 1.95 bits per heavy atom. The van der Waals surface area contributed by atoms with E-state index in [1.54, 1.807) is 23.9 Å². The summed E-state index contributed by atoms with van der Waals surface area (Å²) in [5, 5.41) is 23.1. The summed E-state index contributed by atoms with van der Waals surface area (Å²) >= 11 is 1.69. The summed E-state index contributed by atoms with van der Waals surface area (Å²) in [6.07, 6.45) is 0. The van der Waals surface area contributed by atoms with Crippen LogP contribution in [0.3, 0.4) is 0 Å². The first kappa shape index (κ1) is 15.3. The molecule has 0 aromatic heterocycles. The number of aliphatic hydroxyl groups is 1. The molecule has 6 heteroatoms. The van der Waals surface area contributed by atoms with Crippen LogP contribution in [0.2, 0.25) is 0 Å². The van der Waals surface area contributed by atoms with E-state index in [-0.39, 0.29) is 12.3 Å². The van der Waals surface area contributed by atoms with Crippen LogP contribution in [0.4, 0.5) is 11.4 Å². The van der Waals surface area contributed by atoms with Crippen LogP contribution >= 0.6 is 11.8 Å². The number of anilines is 1. The fourth-order valence-electron chi connectivity index (χ4n) is 1.85. The van der Waals surface area contributed by atoms with Crippen LogP contribution in [0, 0.1) is 10.1 Å². The van der Waals surface area contributed by atoms with E-state index in [0.717, 1.165) is 5.75 Å². The molecule has 2 N–H and O–H groups in total. The van der Waals surface area contributed by atoms with Crippen LogP contribution in [-0.4, -0.2) is 22.3 Å². The minimum absolute atomic E-state index is 0.00809. The van der Waals surface area contributed by atoms with E-state index >= 15 is 0 Å².